The molecule has 1 heterocycles. The molecule has 0 atom stereocenters. The summed E-state index contributed by atoms with van der Waals surface area (Å²) in [5, 5.41) is 3.11. The predicted molar refractivity (Wildman–Crippen MR) is 21.1 cm³/mol. The first-order valence-corrected chi connectivity index (χ1v) is 1.71. The standard InChI is InChI=1S/C3H7N.H2O/c1-2-4-3-1;/h4H,1-3H2;1H2. The fourth-order valence-corrected chi connectivity index (χ4v) is 0.177. The Bertz CT molecular complexity index is 14.9. The Hall–Kier alpha value is -0.0800. The molecule has 1 saturated heterocycles. The van der Waals surface area contributed by atoms with E-state index in [2.05, 4.69) is 5.32 Å². The van der Waals surface area contributed by atoms with Crippen LogP contribution in [0.1, 0.15) is 6.42 Å². The summed E-state index contributed by atoms with van der Waals surface area (Å²) in [5.74, 6) is 0. The van der Waals surface area contributed by atoms with Gasteiger partial charge in [-0.1, -0.05) is 0 Å². The second kappa shape index (κ2) is 2.18. The van der Waals surface area contributed by atoms with Gasteiger partial charge in [0.05, 0.1) is 0 Å². The van der Waals surface area contributed by atoms with Gasteiger partial charge in [-0.25, -0.2) is 0 Å². The first-order valence-electron chi connectivity index (χ1n) is 1.71. The fraction of sp³-hybridized carbons (Fsp3) is 1.00. The molecule has 0 saturated carbocycles. The van der Waals surface area contributed by atoms with Gasteiger partial charge in [0.1, 0.15) is 0 Å². The zero-order valence-electron chi connectivity index (χ0n) is 3.12. The van der Waals surface area contributed by atoms with Crippen molar-refractivity contribution in [2.45, 2.75) is 6.42 Å². The molecule has 1 rings (SSSR count). The normalized spacial score (nSPS) is 19.2. The van der Waals surface area contributed by atoms with E-state index >= 15 is 0 Å². The van der Waals surface area contributed by atoms with Crippen LogP contribution in [0, 0.1) is 0 Å². The Morgan fingerprint density at radius 2 is 1.40 bits per heavy atom. The van der Waals surface area contributed by atoms with E-state index in [1.165, 1.54) is 19.5 Å². The van der Waals surface area contributed by atoms with Gasteiger partial charge in [-0.05, 0) is 19.5 Å². The van der Waals surface area contributed by atoms with Gasteiger partial charge >= 0.3 is 0 Å². The molecule has 1 aliphatic heterocycles. The Morgan fingerprint density at radius 1 is 1.20 bits per heavy atom. The minimum absolute atomic E-state index is 0. The van der Waals surface area contributed by atoms with Gasteiger partial charge in [0.25, 0.3) is 0 Å². The van der Waals surface area contributed by atoms with Crippen LogP contribution in [0.15, 0.2) is 0 Å². The highest BCUT2D eigenvalue weighted by Gasteiger charge is 1.92. The number of nitrogens with one attached hydrogen (secondary N) is 1. The second-order valence-corrected chi connectivity index (χ2v) is 1.10. The Labute approximate surface area is 31.5 Å². The van der Waals surface area contributed by atoms with E-state index in [1.54, 1.807) is 0 Å². The lowest BCUT2D eigenvalue weighted by Crippen LogP contribution is -2.29. The molecule has 0 spiro atoms. The van der Waals surface area contributed by atoms with E-state index in [1.807, 2.05) is 0 Å². The van der Waals surface area contributed by atoms with Crippen molar-refractivity contribution in [3.8, 4) is 0 Å². The summed E-state index contributed by atoms with van der Waals surface area (Å²) in [7, 11) is 0. The Morgan fingerprint density at radius 3 is 1.40 bits per heavy atom. The van der Waals surface area contributed by atoms with Crippen molar-refractivity contribution in [2.24, 2.45) is 0 Å². The van der Waals surface area contributed by atoms with Crippen LogP contribution >= 0.6 is 0 Å². The van der Waals surface area contributed by atoms with E-state index in [-0.39, 0.29) is 5.48 Å². The quantitative estimate of drug-likeness (QED) is 0.400. The third-order valence-electron chi connectivity index (χ3n) is 0.707. The Balaban J connectivity index is 0.000000160. The van der Waals surface area contributed by atoms with Crippen LogP contribution in [-0.4, -0.2) is 18.6 Å². The molecular weight excluding hydrogens is 66.0 g/mol. The van der Waals surface area contributed by atoms with Crippen molar-refractivity contribution < 1.29 is 5.48 Å². The number of hydrogen-bond acceptors (Lipinski definition) is 1. The molecule has 3 N–H and O–H groups in total. The van der Waals surface area contributed by atoms with Crippen LogP contribution in [0.5, 0.6) is 0 Å². The summed E-state index contributed by atoms with van der Waals surface area (Å²) in [5.41, 5.74) is 0. The van der Waals surface area contributed by atoms with E-state index < -0.39 is 0 Å². The molecule has 2 heteroatoms. The predicted octanol–water partition coefficient (Wildman–Crippen LogP) is -0.845. The van der Waals surface area contributed by atoms with Crippen LogP contribution in [0.4, 0.5) is 0 Å². The first-order chi connectivity index (χ1) is 2.00. The number of hydrogen-bond donors (Lipinski definition) is 1. The molecule has 0 amide bonds. The van der Waals surface area contributed by atoms with E-state index in [0.29, 0.717) is 0 Å². The summed E-state index contributed by atoms with van der Waals surface area (Å²) in [6, 6.07) is 0. The van der Waals surface area contributed by atoms with Crippen molar-refractivity contribution >= 4 is 0 Å². The van der Waals surface area contributed by atoms with E-state index in [4.69, 9.17) is 0 Å². The van der Waals surface area contributed by atoms with Crippen LogP contribution in [0.3, 0.4) is 0 Å². The average Bonchev–Trinajstić information content (AvgIpc) is 0.722. The average molecular weight is 75.1 g/mol. The molecule has 5 heavy (non-hydrogen) atoms. The molecule has 0 aromatic carbocycles. The zero-order chi connectivity index (χ0) is 2.83. The molecule has 0 aliphatic carbocycles. The molecule has 1 fully saturated rings. The van der Waals surface area contributed by atoms with Crippen molar-refractivity contribution in [1.82, 2.24) is 5.32 Å². The molecule has 0 unspecified atom stereocenters. The van der Waals surface area contributed by atoms with Crippen LogP contribution in [-0.2, 0) is 0 Å². The summed E-state index contributed by atoms with van der Waals surface area (Å²) in [4.78, 5) is 0. The van der Waals surface area contributed by atoms with E-state index in [0.717, 1.165) is 0 Å². The van der Waals surface area contributed by atoms with Crippen LogP contribution in [0.25, 0.3) is 0 Å². The topological polar surface area (TPSA) is 43.5 Å². The molecule has 0 aromatic rings. The third-order valence-corrected chi connectivity index (χ3v) is 0.707. The molecule has 1 aliphatic rings. The molecule has 32 valence electrons. The van der Waals surface area contributed by atoms with Gasteiger partial charge in [0.15, 0.2) is 0 Å². The molecule has 0 radical (unpaired) electrons. The maximum absolute atomic E-state index is 3.11. The van der Waals surface area contributed by atoms with Crippen LogP contribution < -0.4 is 5.32 Å². The highest BCUT2D eigenvalue weighted by Crippen LogP contribution is 1.80. The minimum atomic E-state index is 0. The first kappa shape index (κ1) is 4.92. The summed E-state index contributed by atoms with van der Waals surface area (Å²) in [6.45, 7) is 2.50. The summed E-state index contributed by atoms with van der Waals surface area (Å²) in [6.07, 6.45) is 1.39. The molecule has 0 bridgehead atoms. The lowest BCUT2D eigenvalue weighted by atomic mass is 10.3. The maximum Gasteiger partial charge on any atom is -0.00368 e. The Kier molecular flexibility index (Phi) is 2.14. The highest BCUT2D eigenvalue weighted by atomic mass is 16.0. The second-order valence-electron chi connectivity index (χ2n) is 1.10. The van der Waals surface area contributed by atoms with Gasteiger partial charge in [0, 0.05) is 0 Å². The van der Waals surface area contributed by atoms with Gasteiger partial charge in [0.2, 0.25) is 0 Å². The molecular formula is C3H9NO. The number of rotatable bonds is 0. The lowest BCUT2D eigenvalue weighted by Gasteiger charge is -2.09. The van der Waals surface area contributed by atoms with Gasteiger partial charge < -0.3 is 10.8 Å². The molecule has 2 nitrogen and oxygen atoms in total. The van der Waals surface area contributed by atoms with Gasteiger partial charge in [-0.3, -0.25) is 0 Å². The van der Waals surface area contributed by atoms with Gasteiger partial charge in [-0.15, -0.1) is 0 Å². The van der Waals surface area contributed by atoms with Crippen molar-refractivity contribution in [3.05, 3.63) is 0 Å². The van der Waals surface area contributed by atoms with E-state index in [9.17, 15) is 0 Å². The minimum Gasteiger partial charge on any atom is -0.412 e. The monoisotopic (exact) mass is 75.1 g/mol. The largest absolute Gasteiger partial charge is 0.412 e. The highest BCUT2D eigenvalue weighted by molar-refractivity contribution is 4.56. The molecule has 0 aromatic heterocycles. The maximum atomic E-state index is 3.11. The summed E-state index contributed by atoms with van der Waals surface area (Å²) >= 11 is 0. The SMILES string of the molecule is C1CNC1.O. The van der Waals surface area contributed by atoms with Gasteiger partial charge in [-0.2, -0.15) is 0 Å². The van der Waals surface area contributed by atoms with Crippen molar-refractivity contribution in [1.29, 1.82) is 0 Å². The van der Waals surface area contributed by atoms with Crippen molar-refractivity contribution in [2.75, 3.05) is 13.1 Å². The van der Waals surface area contributed by atoms with Crippen molar-refractivity contribution in [3.63, 3.8) is 0 Å². The zero-order valence-corrected chi connectivity index (χ0v) is 3.12. The fourth-order valence-electron chi connectivity index (χ4n) is 0.177. The van der Waals surface area contributed by atoms with Crippen LogP contribution in [0.2, 0.25) is 0 Å². The summed E-state index contributed by atoms with van der Waals surface area (Å²) < 4.78 is 0. The lowest BCUT2D eigenvalue weighted by molar-refractivity contribution is 0.527. The smallest absolute Gasteiger partial charge is 0.00368 e. The third kappa shape index (κ3) is 0.940.